The maximum atomic E-state index is 13.6. The van der Waals surface area contributed by atoms with Crippen molar-refractivity contribution in [3.63, 3.8) is 0 Å². The first-order chi connectivity index (χ1) is 36.0. The predicted molar refractivity (Wildman–Crippen MR) is 271 cm³/mol. The Morgan fingerprint density at radius 3 is 1.78 bits per heavy atom. The molecule has 7 fully saturated rings. The molecule has 1 aromatic rings. The first-order valence-corrected chi connectivity index (χ1v) is 27.5. The Kier molecular flexibility index (Phi) is 17.2. The molecule has 19 nitrogen and oxygen atoms in total. The zero-order valence-electron chi connectivity index (χ0n) is 45.8. The Labute approximate surface area is 446 Å². The van der Waals surface area contributed by atoms with Gasteiger partial charge in [0.1, 0.15) is 47.3 Å². The van der Waals surface area contributed by atoms with E-state index in [9.17, 15) is 35.1 Å². The second-order valence-electron chi connectivity index (χ2n) is 23.4. The van der Waals surface area contributed by atoms with Crippen LogP contribution in [0.5, 0.6) is 0 Å². The number of methoxy groups -OCH3 is 3. The molecule has 0 radical (unpaired) electrons. The van der Waals surface area contributed by atoms with Crippen LogP contribution < -0.4 is 0 Å². The van der Waals surface area contributed by atoms with E-state index in [2.05, 4.69) is 6.92 Å². The Balaban J connectivity index is 0.798. The number of rotatable bonds is 15. The van der Waals surface area contributed by atoms with Gasteiger partial charge in [0.2, 0.25) is 0 Å². The normalized spacial score (nSPS) is 48.6. The predicted octanol–water partition coefficient (Wildman–Crippen LogP) is 4.58. The molecule has 0 amide bonds. The number of ether oxygens (including phenoxy) is 12. The molecule has 0 bridgehead atoms. The number of esters is 1. The van der Waals surface area contributed by atoms with E-state index in [4.69, 9.17) is 56.8 Å². The van der Waals surface area contributed by atoms with Crippen LogP contribution in [0.3, 0.4) is 0 Å². The third-order valence-corrected chi connectivity index (χ3v) is 19.3. The van der Waals surface area contributed by atoms with Crippen molar-refractivity contribution in [3.05, 3.63) is 53.6 Å². The fourth-order valence-corrected chi connectivity index (χ4v) is 14.8. The summed E-state index contributed by atoms with van der Waals surface area (Å²) in [7, 11) is 4.78. The number of hydrogen-bond acceptors (Lipinski definition) is 19. The van der Waals surface area contributed by atoms with Crippen molar-refractivity contribution in [1.82, 2.24) is 0 Å². The van der Waals surface area contributed by atoms with Crippen molar-refractivity contribution in [1.29, 1.82) is 0 Å². The van der Waals surface area contributed by atoms with Crippen LogP contribution in [0.4, 0.5) is 0 Å². The number of benzene rings is 1. The van der Waals surface area contributed by atoms with Crippen LogP contribution in [0.1, 0.15) is 125 Å². The van der Waals surface area contributed by atoms with Crippen molar-refractivity contribution >= 4 is 17.8 Å². The number of aliphatic hydroxyl groups is 5. The molecule has 9 rings (SSSR count). The van der Waals surface area contributed by atoms with Gasteiger partial charge in [0, 0.05) is 59.0 Å². The Morgan fingerprint density at radius 2 is 1.21 bits per heavy atom. The molecule has 19 heteroatoms. The van der Waals surface area contributed by atoms with Gasteiger partial charge in [-0.05, 0) is 104 Å². The van der Waals surface area contributed by atoms with Crippen LogP contribution in [0.25, 0.3) is 6.08 Å². The zero-order chi connectivity index (χ0) is 54.7. The first kappa shape index (κ1) is 57.9. The Morgan fingerprint density at radius 1 is 0.671 bits per heavy atom. The highest BCUT2D eigenvalue weighted by atomic mass is 16.8. The maximum Gasteiger partial charge on any atom is 0.331 e. The molecule has 3 saturated carbocycles. The summed E-state index contributed by atoms with van der Waals surface area (Å²) in [5.74, 6) is -1.84. The maximum absolute atomic E-state index is 13.6. The molecule has 0 unspecified atom stereocenters. The quantitative estimate of drug-likeness (QED) is 0.0917. The summed E-state index contributed by atoms with van der Waals surface area (Å²) in [5, 5.41) is 60.1. The number of ketones is 1. The van der Waals surface area contributed by atoms with Gasteiger partial charge in [-0.25, -0.2) is 4.79 Å². The van der Waals surface area contributed by atoms with Gasteiger partial charge < -0.3 is 82.4 Å². The topological polar surface area (TPSA) is 246 Å². The summed E-state index contributed by atoms with van der Waals surface area (Å²) in [6, 6.07) is 9.27. The second kappa shape index (κ2) is 22.6. The van der Waals surface area contributed by atoms with E-state index in [-0.39, 0.29) is 44.3 Å². The molecule has 1 aromatic carbocycles. The summed E-state index contributed by atoms with van der Waals surface area (Å²) < 4.78 is 74.7. The van der Waals surface area contributed by atoms with Gasteiger partial charge in [-0.2, -0.15) is 0 Å². The van der Waals surface area contributed by atoms with Gasteiger partial charge in [-0.3, -0.25) is 4.79 Å². The van der Waals surface area contributed by atoms with Gasteiger partial charge >= 0.3 is 5.97 Å². The minimum atomic E-state index is -2.06. The summed E-state index contributed by atoms with van der Waals surface area (Å²) in [6.45, 7) is 12.3. The number of carbonyl (C=O) groups is 2. The van der Waals surface area contributed by atoms with E-state index in [0.717, 1.165) is 11.1 Å². The van der Waals surface area contributed by atoms with Crippen LogP contribution >= 0.6 is 0 Å². The van der Waals surface area contributed by atoms with E-state index in [1.165, 1.54) is 13.0 Å². The number of hydrogen-bond donors (Lipinski definition) is 5. The van der Waals surface area contributed by atoms with Crippen LogP contribution in [0.15, 0.2) is 48.1 Å². The highest BCUT2D eigenvalue weighted by Gasteiger charge is 2.81. The second-order valence-corrected chi connectivity index (χ2v) is 23.4. The summed E-state index contributed by atoms with van der Waals surface area (Å²) in [5.41, 5.74) is -6.35. The largest absolute Gasteiger partial charge is 0.458 e. The molecule has 4 saturated heterocycles. The van der Waals surface area contributed by atoms with E-state index >= 15 is 0 Å². The van der Waals surface area contributed by atoms with Crippen molar-refractivity contribution < 1.29 is 92.0 Å². The highest BCUT2D eigenvalue weighted by molar-refractivity contribution is 5.88. The first-order valence-electron chi connectivity index (χ1n) is 27.5. The lowest BCUT2D eigenvalue weighted by atomic mass is 9.42. The SMILES string of the molecule is CO[C@H]1C[C@H](O[C@@H]2[C@@H](C)O[C@@H](O[C@@H]3[C@@H](C)O[C@@H](O[C@H]4[C@@H](O)C[C@H](O[C@H]5CC[C@@]6(C)C(=CC[C@]7(O)[C@@H]6C[C@@H](OC(=O)/C=C/c6ccccc6)[C@@]6(C)[C@]7(O)CC[C@@]6(O)C(C)=O)C5)O[C@@H]4C)C[C@H]3OC)C[C@H]2OC)O[C@H](C)[C@H]1O. The monoisotopic (exact) mass is 1070 g/mol. The molecular formula is C57H84O19. The van der Waals surface area contributed by atoms with Gasteiger partial charge in [0.15, 0.2) is 30.9 Å². The molecular weight excluding hydrogens is 989 g/mol. The van der Waals surface area contributed by atoms with Crippen molar-refractivity contribution in [2.24, 2.45) is 16.7 Å². The fraction of sp³-hybridized carbons (Fsp3) is 0.789. The zero-order valence-corrected chi connectivity index (χ0v) is 45.8. The smallest absolute Gasteiger partial charge is 0.331 e. The lowest BCUT2D eigenvalue weighted by Gasteiger charge is -2.67. The van der Waals surface area contributed by atoms with Crippen molar-refractivity contribution in [2.45, 2.75) is 247 Å². The third kappa shape index (κ3) is 10.3. The number of fused-ring (bicyclic) bond motifs is 5. The molecule has 4 aliphatic heterocycles. The number of aliphatic hydroxyl groups excluding tert-OH is 2. The molecule has 426 valence electrons. The van der Waals surface area contributed by atoms with E-state index in [1.54, 1.807) is 41.3 Å². The van der Waals surface area contributed by atoms with Gasteiger partial charge in [0.05, 0.1) is 60.4 Å². The number of Topliss-reactive ketones (excluding diaryl/α,β-unsaturated/α-hetero) is 1. The lowest BCUT2D eigenvalue weighted by Crippen LogP contribution is -2.78. The molecule has 0 aromatic heterocycles. The third-order valence-electron chi connectivity index (χ3n) is 19.3. The Hall–Kier alpha value is -2.80. The van der Waals surface area contributed by atoms with Crippen LogP contribution in [-0.2, 0) is 66.4 Å². The summed E-state index contributed by atoms with van der Waals surface area (Å²) >= 11 is 0. The fourth-order valence-electron chi connectivity index (χ4n) is 14.8. The van der Waals surface area contributed by atoms with E-state index in [1.807, 2.05) is 57.2 Å². The van der Waals surface area contributed by atoms with Crippen molar-refractivity contribution in [3.8, 4) is 0 Å². The van der Waals surface area contributed by atoms with Crippen LogP contribution in [0, 0.1) is 16.7 Å². The van der Waals surface area contributed by atoms with Gasteiger partial charge in [0.25, 0.3) is 0 Å². The number of carbonyl (C=O) groups excluding carboxylic acids is 2. The molecule has 5 N–H and O–H groups in total. The molecule has 24 atom stereocenters. The van der Waals surface area contributed by atoms with E-state index < -0.39 is 144 Å². The van der Waals surface area contributed by atoms with Crippen LogP contribution in [0.2, 0.25) is 0 Å². The van der Waals surface area contributed by atoms with Gasteiger partial charge in [-0.1, -0.05) is 48.9 Å². The average Bonchev–Trinajstić information content (AvgIpc) is 3.72. The van der Waals surface area contributed by atoms with Gasteiger partial charge in [-0.15, -0.1) is 0 Å². The molecule has 4 heterocycles. The Bertz CT molecular complexity index is 2240. The highest BCUT2D eigenvalue weighted by Crippen LogP contribution is 2.71. The molecule has 76 heavy (non-hydrogen) atoms. The summed E-state index contributed by atoms with van der Waals surface area (Å²) in [4.78, 5) is 26.9. The van der Waals surface area contributed by atoms with Crippen LogP contribution in [-0.4, -0.2) is 186 Å². The van der Waals surface area contributed by atoms with E-state index in [0.29, 0.717) is 38.5 Å². The van der Waals surface area contributed by atoms with Crippen molar-refractivity contribution in [2.75, 3.05) is 21.3 Å². The molecule has 4 aliphatic carbocycles. The minimum absolute atomic E-state index is 0.0615. The molecule has 0 spiro atoms. The average molecular weight is 1070 g/mol. The lowest BCUT2D eigenvalue weighted by molar-refractivity contribution is -0.346. The summed E-state index contributed by atoms with van der Waals surface area (Å²) in [6.07, 6.45) is -3.15. The minimum Gasteiger partial charge on any atom is -0.458 e. The molecule has 8 aliphatic rings. The standard InChI is InChI=1S/C57H84O19/c1-30-49(61)39(65-8)26-46(68-30)75-51-33(4)71-48(28-41(51)67-10)76-52-32(3)70-47(27-40(52)66-9)74-50-31(2)69-45(25-38(50)59)72-37-19-20-53(6)36(24-37)18-21-56(63)42(53)29-43(73-44(60)17-16-35-14-12-11-13-15-35)54(7)55(62,34(5)58)22-23-57(54,56)64/h11-18,30-33,37-43,45-52,59,61-64H,19-29H2,1-10H3/b17-16+/t30-,31-,32-,33-,37+,38+,39+,40-,41-,42-,43-,45+,46+,47+,48+,49-,50-,51-,52-,53+,54-,55-,56+,57-/m1/s1.